The van der Waals surface area contributed by atoms with Gasteiger partial charge in [-0.15, -0.1) is 10.2 Å². The van der Waals surface area contributed by atoms with Gasteiger partial charge in [-0.2, -0.15) is 4.80 Å². The molecule has 0 saturated carbocycles. The molecule has 0 aliphatic carbocycles. The SMILES string of the molecule is COc1ccc(C(=O)Nc2ccc(-c3nnn(CC(=O)N4CCOCC4)n3)cc2)cc1. The molecule has 10 heteroatoms. The number of nitrogens with one attached hydrogen (secondary N) is 1. The van der Waals surface area contributed by atoms with Crippen LogP contribution in [0.25, 0.3) is 11.4 Å². The van der Waals surface area contributed by atoms with Crippen molar-refractivity contribution in [2.24, 2.45) is 0 Å². The number of aromatic nitrogens is 4. The van der Waals surface area contributed by atoms with Crippen molar-refractivity contribution < 1.29 is 19.1 Å². The fourth-order valence-electron chi connectivity index (χ4n) is 3.11. The van der Waals surface area contributed by atoms with Gasteiger partial charge >= 0.3 is 0 Å². The second kappa shape index (κ2) is 9.35. The van der Waals surface area contributed by atoms with E-state index in [-0.39, 0.29) is 18.4 Å². The van der Waals surface area contributed by atoms with Crippen LogP contribution in [0.4, 0.5) is 5.69 Å². The smallest absolute Gasteiger partial charge is 0.255 e. The maximum Gasteiger partial charge on any atom is 0.255 e. The first-order valence-electron chi connectivity index (χ1n) is 9.81. The van der Waals surface area contributed by atoms with Gasteiger partial charge in [-0.25, -0.2) is 0 Å². The number of methoxy groups -OCH3 is 1. The Morgan fingerprint density at radius 2 is 1.77 bits per heavy atom. The molecule has 0 atom stereocenters. The zero-order valence-electron chi connectivity index (χ0n) is 17.0. The van der Waals surface area contributed by atoms with Crippen LogP contribution in [0.15, 0.2) is 48.5 Å². The number of ether oxygens (including phenoxy) is 2. The molecular weight excluding hydrogens is 400 g/mol. The quantitative estimate of drug-likeness (QED) is 0.640. The highest BCUT2D eigenvalue weighted by Gasteiger charge is 2.18. The van der Waals surface area contributed by atoms with Crippen LogP contribution in [0.5, 0.6) is 5.75 Å². The van der Waals surface area contributed by atoms with Crippen molar-refractivity contribution in [3.63, 3.8) is 0 Å². The fraction of sp³-hybridized carbons (Fsp3) is 0.286. The van der Waals surface area contributed by atoms with Crippen molar-refractivity contribution in [1.82, 2.24) is 25.1 Å². The Balaban J connectivity index is 1.36. The lowest BCUT2D eigenvalue weighted by Gasteiger charge is -2.26. The molecule has 0 spiro atoms. The molecule has 1 aliphatic heterocycles. The third-order valence-electron chi connectivity index (χ3n) is 4.85. The van der Waals surface area contributed by atoms with E-state index in [0.29, 0.717) is 49.1 Å². The molecule has 10 nitrogen and oxygen atoms in total. The number of nitrogens with zero attached hydrogens (tertiary/aromatic N) is 5. The van der Waals surface area contributed by atoms with Gasteiger partial charge in [0.2, 0.25) is 11.7 Å². The van der Waals surface area contributed by atoms with Crippen LogP contribution in [0, 0.1) is 0 Å². The third kappa shape index (κ3) is 5.04. The molecule has 0 unspecified atom stereocenters. The van der Waals surface area contributed by atoms with Gasteiger partial charge in [0.1, 0.15) is 12.3 Å². The highest BCUT2D eigenvalue weighted by atomic mass is 16.5. The molecule has 1 saturated heterocycles. The van der Waals surface area contributed by atoms with E-state index in [0.717, 1.165) is 5.56 Å². The summed E-state index contributed by atoms with van der Waals surface area (Å²) in [5.41, 5.74) is 1.89. The van der Waals surface area contributed by atoms with Crippen LogP contribution in [-0.4, -0.2) is 70.3 Å². The summed E-state index contributed by atoms with van der Waals surface area (Å²) in [5, 5.41) is 15.1. The highest BCUT2D eigenvalue weighted by molar-refractivity contribution is 6.04. The summed E-state index contributed by atoms with van der Waals surface area (Å²) in [6.45, 7) is 2.27. The first kappa shape index (κ1) is 20.5. The van der Waals surface area contributed by atoms with E-state index in [1.165, 1.54) is 4.80 Å². The molecule has 4 rings (SSSR count). The average Bonchev–Trinajstić information content (AvgIpc) is 3.28. The summed E-state index contributed by atoms with van der Waals surface area (Å²) in [4.78, 5) is 27.7. The predicted octanol–water partition coefficient (Wildman–Crippen LogP) is 1.46. The number of carbonyl (C=O) groups is 2. The van der Waals surface area contributed by atoms with Gasteiger partial charge in [0.25, 0.3) is 5.91 Å². The Kier molecular flexibility index (Phi) is 6.18. The van der Waals surface area contributed by atoms with Gasteiger partial charge in [-0.3, -0.25) is 9.59 Å². The van der Waals surface area contributed by atoms with Gasteiger partial charge < -0.3 is 19.7 Å². The average molecular weight is 422 g/mol. The van der Waals surface area contributed by atoms with Gasteiger partial charge in [0, 0.05) is 29.9 Å². The minimum absolute atomic E-state index is 0.0308. The number of amides is 2. The standard InChI is InChI=1S/C21H22N6O4/c1-30-18-8-4-16(5-9-18)21(29)22-17-6-2-15(3-7-17)20-23-25-27(24-20)14-19(28)26-10-12-31-13-11-26/h2-9H,10-14H2,1H3,(H,22,29). The molecular formula is C21H22N6O4. The van der Waals surface area contributed by atoms with Crippen molar-refractivity contribution in [2.45, 2.75) is 6.54 Å². The van der Waals surface area contributed by atoms with E-state index in [2.05, 4.69) is 20.7 Å². The van der Waals surface area contributed by atoms with Gasteiger partial charge in [-0.1, -0.05) is 0 Å². The third-order valence-corrected chi connectivity index (χ3v) is 4.85. The Morgan fingerprint density at radius 3 is 2.45 bits per heavy atom. The van der Waals surface area contributed by atoms with E-state index in [4.69, 9.17) is 9.47 Å². The number of anilines is 1. The van der Waals surface area contributed by atoms with Gasteiger partial charge in [0.15, 0.2) is 0 Å². The number of tetrazole rings is 1. The first-order valence-corrected chi connectivity index (χ1v) is 9.81. The fourth-order valence-corrected chi connectivity index (χ4v) is 3.11. The zero-order valence-corrected chi connectivity index (χ0v) is 17.0. The Morgan fingerprint density at radius 1 is 1.06 bits per heavy atom. The largest absolute Gasteiger partial charge is 0.497 e. The Labute approximate surface area is 178 Å². The van der Waals surface area contributed by atoms with Crippen LogP contribution in [0.2, 0.25) is 0 Å². The number of morpholine rings is 1. The van der Waals surface area contributed by atoms with Crippen molar-refractivity contribution in [1.29, 1.82) is 0 Å². The Hall–Kier alpha value is -3.79. The normalized spacial score (nSPS) is 13.6. The van der Waals surface area contributed by atoms with Crippen LogP contribution >= 0.6 is 0 Å². The van der Waals surface area contributed by atoms with Crippen LogP contribution in [0.1, 0.15) is 10.4 Å². The molecule has 1 aromatic heterocycles. The van der Waals surface area contributed by atoms with Crippen molar-refractivity contribution in [2.75, 3.05) is 38.7 Å². The van der Waals surface area contributed by atoms with Gasteiger partial charge in [0.05, 0.1) is 20.3 Å². The van der Waals surface area contributed by atoms with Crippen molar-refractivity contribution >= 4 is 17.5 Å². The minimum Gasteiger partial charge on any atom is -0.497 e. The molecule has 1 fully saturated rings. The molecule has 0 bridgehead atoms. The topological polar surface area (TPSA) is 111 Å². The first-order chi connectivity index (χ1) is 15.1. The van der Waals surface area contributed by atoms with Crippen molar-refractivity contribution in [3.05, 3.63) is 54.1 Å². The molecule has 0 radical (unpaired) electrons. The highest BCUT2D eigenvalue weighted by Crippen LogP contribution is 2.18. The second-order valence-electron chi connectivity index (χ2n) is 6.90. The lowest BCUT2D eigenvalue weighted by atomic mass is 10.1. The summed E-state index contributed by atoms with van der Waals surface area (Å²) in [6, 6.07) is 14.0. The molecule has 160 valence electrons. The Bertz CT molecular complexity index is 1040. The lowest BCUT2D eigenvalue weighted by molar-refractivity contribution is -0.136. The summed E-state index contributed by atoms with van der Waals surface area (Å²) in [5.74, 6) is 0.806. The number of benzene rings is 2. The molecule has 3 aromatic rings. The molecule has 2 amide bonds. The number of rotatable bonds is 6. The van der Waals surface area contributed by atoms with Crippen LogP contribution < -0.4 is 10.1 Å². The van der Waals surface area contributed by atoms with Crippen LogP contribution in [0.3, 0.4) is 0 Å². The minimum atomic E-state index is -0.221. The van der Waals surface area contributed by atoms with E-state index in [9.17, 15) is 9.59 Å². The summed E-state index contributed by atoms with van der Waals surface area (Å²) in [7, 11) is 1.58. The zero-order chi connectivity index (χ0) is 21.6. The molecule has 31 heavy (non-hydrogen) atoms. The number of hydrogen-bond donors (Lipinski definition) is 1. The van der Waals surface area contributed by atoms with E-state index >= 15 is 0 Å². The molecule has 1 N–H and O–H groups in total. The summed E-state index contributed by atoms with van der Waals surface area (Å²) >= 11 is 0. The van der Waals surface area contributed by atoms with Crippen LogP contribution in [-0.2, 0) is 16.1 Å². The second-order valence-corrected chi connectivity index (χ2v) is 6.90. The lowest BCUT2D eigenvalue weighted by Crippen LogP contribution is -2.42. The maximum atomic E-state index is 12.4. The van der Waals surface area contributed by atoms with Crippen molar-refractivity contribution in [3.8, 4) is 17.1 Å². The molecule has 1 aliphatic rings. The monoisotopic (exact) mass is 422 g/mol. The van der Waals surface area contributed by atoms with Gasteiger partial charge in [-0.05, 0) is 53.7 Å². The maximum absolute atomic E-state index is 12.4. The van der Waals surface area contributed by atoms with E-state index in [1.54, 1.807) is 60.5 Å². The summed E-state index contributed by atoms with van der Waals surface area (Å²) < 4.78 is 10.4. The summed E-state index contributed by atoms with van der Waals surface area (Å²) in [6.07, 6.45) is 0. The molecule has 2 aromatic carbocycles. The van der Waals surface area contributed by atoms with E-state index in [1.807, 2.05) is 0 Å². The van der Waals surface area contributed by atoms with E-state index < -0.39 is 0 Å². The molecule has 2 heterocycles. The predicted molar refractivity (Wildman–Crippen MR) is 112 cm³/mol. The number of hydrogen-bond acceptors (Lipinski definition) is 7. The number of carbonyl (C=O) groups excluding carboxylic acids is 2.